The lowest BCUT2D eigenvalue weighted by molar-refractivity contribution is -0.120. The van der Waals surface area contributed by atoms with Crippen molar-refractivity contribution in [2.75, 3.05) is 39.3 Å². The maximum absolute atomic E-state index is 12.1. The molecule has 0 atom stereocenters. The molecule has 2 N–H and O–H groups in total. The zero-order chi connectivity index (χ0) is 19.1. The summed E-state index contributed by atoms with van der Waals surface area (Å²) in [4.78, 5) is 14.5. The minimum absolute atomic E-state index is 0. The summed E-state index contributed by atoms with van der Waals surface area (Å²) in [5.74, 6) is 1.59. The number of halogens is 1. The smallest absolute Gasteiger partial charge is 0.224 e. The van der Waals surface area contributed by atoms with Crippen molar-refractivity contribution in [1.82, 2.24) is 20.7 Å². The molecule has 8 heteroatoms. The molecule has 28 heavy (non-hydrogen) atoms. The molecule has 0 spiro atoms. The first kappa shape index (κ1) is 22.2. The summed E-state index contributed by atoms with van der Waals surface area (Å²) >= 11 is 0. The van der Waals surface area contributed by atoms with Gasteiger partial charge in [-0.05, 0) is 31.5 Å². The number of rotatable bonds is 8. The molecular weight excluding hydrogens is 380 g/mol. The van der Waals surface area contributed by atoms with Gasteiger partial charge in [-0.25, -0.2) is 0 Å². The molecule has 0 bridgehead atoms. The minimum atomic E-state index is 0. The van der Waals surface area contributed by atoms with Crippen molar-refractivity contribution in [2.24, 2.45) is 0 Å². The van der Waals surface area contributed by atoms with Gasteiger partial charge in [-0.3, -0.25) is 9.69 Å². The van der Waals surface area contributed by atoms with Crippen LogP contribution in [0, 0.1) is 13.8 Å². The highest BCUT2D eigenvalue weighted by molar-refractivity contribution is 5.85. The Morgan fingerprint density at radius 2 is 1.96 bits per heavy atom. The SMILES string of the molecule is Cc1noc(C)c1COc1ccc(CC(=O)NCCN2CCNCC2)cc1.Cl. The molecule has 154 valence electrons. The van der Waals surface area contributed by atoms with Crippen molar-refractivity contribution >= 4 is 18.3 Å². The maximum atomic E-state index is 12.1. The number of benzene rings is 1. The number of amides is 1. The molecule has 1 saturated heterocycles. The predicted molar refractivity (Wildman–Crippen MR) is 110 cm³/mol. The summed E-state index contributed by atoms with van der Waals surface area (Å²) in [6.07, 6.45) is 0.381. The van der Waals surface area contributed by atoms with Crippen molar-refractivity contribution in [1.29, 1.82) is 0 Å². The summed E-state index contributed by atoms with van der Waals surface area (Å²) < 4.78 is 10.9. The fourth-order valence-electron chi connectivity index (χ4n) is 3.10. The number of aryl methyl sites for hydroxylation is 2. The van der Waals surface area contributed by atoms with Crippen LogP contribution in [0.25, 0.3) is 0 Å². The Labute approximate surface area is 172 Å². The van der Waals surface area contributed by atoms with Crippen molar-refractivity contribution in [2.45, 2.75) is 26.9 Å². The maximum Gasteiger partial charge on any atom is 0.224 e. The lowest BCUT2D eigenvalue weighted by Gasteiger charge is -2.27. The number of carbonyl (C=O) groups excluding carboxylic acids is 1. The van der Waals surface area contributed by atoms with E-state index in [0.29, 0.717) is 19.6 Å². The summed E-state index contributed by atoms with van der Waals surface area (Å²) in [7, 11) is 0. The van der Waals surface area contributed by atoms with E-state index in [1.165, 1.54) is 0 Å². The van der Waals surface area contributed by atoms with Crippen LogP contribution in [0.1, 0.15) is 22.6 Å². The summed E-state index contributed by atoms with van der Waals surface area (Å²) in [6.45, 7) is 9.95. The van der Waals surface area contributed by atoms with Crippen LogP contribution in [-0.4, -0.2) is 55.2 Å². The van der Waals surface area contributed by atoms with Gasteiger partial charge in [0.25, 0.3) is 0 Å². The third-order valence-corrected chi connectivity index (χ3v) is 4.81. The van der Waals surface area contributed by atoms with E-state index < -0.39 is 0 Å². The Hall–Kier alpha value is -2.09. The van der Waals surface area contributed by atoms with Gasteiger partial charge in [-0.1, -0.05) is 17.3 Å². The van der Waals surface area contributed by atoms with Gasteiger partial charge in [0.05, 0.1) is 17.7 Å². The van der Waals surface area contributed by atoms with Crippen LogP contribution in [0.4, 0.5) is 0 Å². The van der Waals surface area contributed by atoms with Gasteiger partial charge in [-0.15, -0.1) is 12.4 Å². The van der Waals surface area contributed by atoms with Crippen LogP contribution in [0.5, 0.6) is 5.75 Å². The number of nitrogens with zero attached hydrogens (tertiary/aromatic N) is 2. The molecule has 2 heterocycles. The van der Waals surface area contributed by atoms with Gasteiger partial charge >= 0.3 is 0 Å². The van der Waals surface area contributed by atoms with E-state index in [-0.39, 0.29) is 18.3 Å². The van der Waals surface area contributed by atoms with Gasteiger partial charge in [0.2, 0.25) is 5.91 Å². The molecule has 1 amide bonds. The molecule has 0 unspecified atom stereocenters. The zero-order valence-electron chi connectivity index (χ0n) is 16.5. The predicted octanol–water partition coefficient (Wildman–Crippen LogP) is 1.86. The number of nitrogens with one attached hydrogen (secondary N) is 2. The molecule has 1 fully saturated rings. The van der Waals surface area contributed by atoms with Crippen LogP contribution in [0.2, 0.25) is 0 Å². The van der Waals surface area contributed by atoms with Gasteiger partial charge < -0.3 is 19.9 Å². The first-order valence-corrected chi connectivity index (χ1v) is 9.45. The van der Waals surface area contributed by atoms with Crippen LogP contribution < -0.4 is 15.4 Å². The number of aromatic nitrogens is 1. The summed E-state index contributed by atoms with van der Waals surface area (Å²) in [5.41, 5.74) is 2.80. The minimum Gasteiger partial charge on any atom is -0.489 e. The molecule has 1 aliphatic heterocycles. The average Bonchev–Trinajstić information content (AvgIpc) is 3.00. The van der Waals surface area contributed by atoms with Gasteiger partial charge in [0.15, 0.2) is 0 Å². The lowest BCUT2D eigenvalue weighted by Crippen LogP contribution is -2.46. The average molecular weight is 409 g/mol. The highest BCUT2D eigenvalue weighted by atomic mass is 35.5. The number of hydrogen-bond donors (Lipinski definition) is 2. The first-order chi connectivity index (χ1) is 13.1. The number of carbonyl (C=O) groups is 1. The molecule has 0 aliphatic carbocycles. The Balaban J connectivity index is 0.00000280. The number of hydrogen-bond acceptors (Lipinski definition) is 6. The Morgan fingerprint density at radius 3 is 2.61 bits per heavy atom. The van der Waals surface area contributed by atoms with Crippen LogP contribution in [0.3, 0.4) is 0 Å². The molecule has 1 aromatic heterocycles. The van der Waals surface area contributed by atoms with E-state index in [2.05, 4.69) is 20.7 Å². The van der Waals surface area contributed by atoms with E-state index in [4.69, 9.17) is 9.26 Å². The molecule has 0 radical (unpaired) electrons. The van der Waals surface area contributed by atoms with E-state index in [0.717, 1.165) is 61.1 Å². The van der Waals surface area contributed by atoms with E-state index in [1.807, 2.05) is 38.1 Å². The second-order valence-electron chi connectivity index (χ2n) is 6.85. The molecule has 1 aromatic carbocycles. The standard InChI is InChI=1S/C20H28N4O3.ClH/c1-15-19(16(2)27-23-15)14-26-18-5-3-17(4-6-18)13-20(25)22-9-12-24-10-7-21-8-11-24;/h3-6,21H,7-14H2,1-2H3,(H,22,25);1H. The normalized spacial score (nSPS) is 14.4. The van der Waals surface area contributed by atoms with Gasteiger partial charge in [0.1, 0.15) is 18.1 Å². The molecule has 1 aliphatic rings. The number of ether oxygens (including phenoxy) is 1. The van der Waals surface area contributed by atoms with Crippen LogP contribution in [-0.2, 0) is 17.8 Å². The Kier molecular flexibility index (Phi) is 8.76. The van der Waals surface area contributed by atoms with Crippen molar-refractivity contribution in [3.8, 4) is 5.75 Å². The second-order valence-corrected chi connectivity index (χ2v) is 6.85. The molecule has 0 saturated carbocycles. The molecular formula is C20H29ClN4O3. The monoisotopic (exact) mass is 408 g/mol. The fourth-order valence-corrected chi connectivity index (χ4v) is 3.10. The van der Waals surface area contributed by atoms with Crippen LogP contribution >= 0.6 is 12.4 Å². The van der Waals surface area contributed by atoms with Crippen LogP contribution in [0.15, 0.2) is 28.8 Å². The summed E-state index contributed by atoms with van der Waals surface area (Å²) in [6, 6.07) is 7.64. The van der Waals surface area contributed by atoms with E-state index >= 15 is 0 Å². The molecule has 7 nitrogen and oxygen atoms in total. The first-order valence-electron chi connectivity index (χ1n) is 9.45. The summed E-state index contributed by atoms with van der Waals surface area (Å²) in [5, 5.41) is 10.2. The Morgan fingerprint density at radius 1 is 1.25 bits per heavy atom. The molecule has 3 rings (SSSR count). The quantitative estimate of drug-likeness (QED) is 0.694. The van der Waals surface area contributed by atoms with E-state index in [1.54, 1.807) is 0 Å². The highest BCUT2D eigenvalue weighted by Gasteiger charge is 2.11. The number of piperazine rings is 1. The Bertz CT molecular complexity index is 723. The van der Waals surface area contributed by atoms with Gasteiger partial charge in [0, 0.05) is 39.3 Å². The second kappa shape index (κ2) is 11.0. The van der Waals surface area contributed by atoms with Crippen molar-refractivity contribution in [3.63, 3.8) is 0 Å². The lowest BCUT2D eigenvalue weighted by atomic mass is 10.1. The topological polar surface area (TPSA) is 79.6 Å². The van der Waals surface area contributed by atoms with Crippen molar-refractivity contribution in [3.05, 3.63) is 46.8 Å². The van der Waals surface area contributed by atoms with E-state index in [9.17, 15) is 4.79 Å². The third-order valence-electron chi connectivity index (χ3n) is 4.81. The fraction of sp³-hybridized carbons (Fsp3) is 0.500. The van der Waals surface area contributed by atoms with Crippen molar-refractivity contribution < 1.29 is 14.1 Å². The largest absolute Gasteiger partial charge is 0.489 e. The third kappa shape index (κ3) is 6.51. The molecule has 2 aromatic rings. The van der Waals surface area contributed by atoms with Gasteiger partial charge in [-0.2, -0.15) is 0 Å². The zero-order valence-corrected chi connectivity index (χ0v) is 17.3. The highest BCUT2D eigenvalue weighted by Crippen LogP contribution is 2.18.